The Kier molecular flexibility index (Phi) is 3.87. The summed E-state index contributed by atoms with van der Waals surface area (Å²) in [6, 6.07) is 5.86. The summed E-state index contributed by atoms with van der Waals surface area (Å²) in [7, 11) is 1.45. The summed E-state index contributed by atoms with van der Waals surface area (Å²) in [5.41, 5.74) is 3.60. The smallest absolute Gasteiger partial charge is 0.326 e. The molecule has 0 spiro atoms. The molecule has 0 aliphatic carbocycles. The third-order valence-corrected chi connectivity index (χ3v) is 3.87. The van der Waals surface area contributed by atoms with E-state index in [2.05, 4.69) is 10.7 Å². The van der Waals surface area contributed by atoms with Gasteiger partial charge in [-0.05, 0) is 24.3 Å². The second-order valence-electron chi connectivity index (χ2n) is 5.24. The quantitative estimate of drug-likeness (QED) is 0.687. The predicted molar refractivity (Wildman–Crippen MR) is 78.2 cm³/mol. The minimum atomic E-state index is -0.772. The fourth-order valence-electron chi connectivity index (χ4n) is 2.66. The van der Waals surface area contributed by atoms with Crippen molar-refractivity contribution in [3.05, 3.63) is 30.1 Å². The van der Waals surface area contributed by atoms with Crippen LogP contribution in [0.3, 0.4) is 0 Å². The Morgan fingerprint density at radius 2 is 1.87 bits per heavy atom. The molecule has 9 heteroatoms. The number of hydrazine groups is 1. The van der Waals surface area contributed by atoms with E-state index >= 15 is 0 Å². The van der Waals surface area contributed by atoms with Crippen LogP contribution in [0, 0.1) is 5.82 Å². The van der Waals surface area contributed by atoms with Gasteiger partial charge in [0, 0.05) is 25.8 Å². The number of nitrogens with one attached hydrogen (secondary N) is 2. The molecule has 2 aliphatic heterocycles. The Hall–Kier alpha value is -2.68. The van der Waals surface area contributed by atoms with Gasteiger partial charge in [0.25, 0.3) is 0 Å². The standard InChI is InChI=1S/C14H16FN5O3/c1-16-11(21)8-20-13(23)12(22)19-7-6-18(14(19)17-20)10-4-2-9(15)3-5-10/h2-5,14,17H,6-8H2,1H3,(H,16,21). The maximum absolute atomic E-state index is 13.1. The molecule has 0 aromatic heterocycles. The van der Waals surface area contributed by atoms with E-state index in [4.69, 9.17) is 0 Å². The number of fused-ring (bicyclic) bond motifs is 1. The van der Waals surface area contributed by atoms with Gasteiger partial charge in [0.15, 0.2) is 6.29 Å². The zero-order chi connectivity index (χ0) is 16.6. The Labute approximate surface area is 131 Å². The molecule has 1 unspecified atom stereocenters. The zero-order valence-electron chi connectivity index (χ0n) is 12.5. The summed E-state index contributed by atoms with van der Waals surface area (Å²) >= 11 is 0. The van der Waals surface area contributed by atoms with E-state index in [-0.39, 0.29) is 12.4 Å². The van der Waals surface area contributed by atoms with Crippen LogP contribution in [0.1, 0.15) is 0 Å². The molecule has 0 radical (unpaired) electrons. The number of hydrogen-bond acceptors (Lipinski definition) is 5. The highest BCUT2D eigenvalue weighted by Gasteiger charge is 2.45. The van der Waals surface area contributed by atoms with Gasteiger partial charge in [-0.3, -0.25) is 24.3 Å². The van der Waals surface area contributed by atoms with Crippen LogP contribution in [0.5, 0.6) is 0 Å². The number of likely N-dealkylation sites (N-methyl/N-ethyl adjacent to an activating group) is 1. The molecule has 2 N–H and O–H groups in total. The summed E-state index contributed by atoms with van der Waals surface area (Å²) in [4.78, 5) is 38.9. The number of rotatable bonds is 3. The fourth-order valence-corrected chi connectivity index (χ4v) is 2.66. The normalized spacial score (nSPS) is 20.8. The maximum Gasteiger partial charge on any atom is 0.326 e. The fraction of sp³-hybridized carbons (Fsp3) is 0.357. The lowest BCUT2D eigenvalue weighted by Crippen LogP contribution is -2.68. The third-order valence-electron chi connectivity index (χ3n) is 3.87. The van der Waals surface area contributed by atoms with Crippen LogP contribution < -0.4 is 15.6 Å². The summed E-state index contributed by atoms with van der Waals surface area (Å²) in [5, 5.41) is 3.41. The number of nitrogens with zero attached hydrogens (tertiary/aromatic N) is 3. The van der Waals surface area contributed by atoms with E-state index in [0.717, 1.165) is 5.01 Å². The maximum atomic E-state index is 13.1. The van der Waals surface area contributed by atoms with E-state index in [1.54, 1.807) is 12.1 Å². The van der Waals surface area contributed by atoms with Crippen LogP contribution in [0.4, 0.5) is 10.1 Å². The minimum absolute atomic E-state index is 0.261. The van der Waals surface area contributed by atoms with Crippen LogP contribution in [0.2, 0.25) is 0 Å². The Bertz CT molecular complexity index is 650. The summed E-state index contributed by atoms with van der Waals surface area (Å²) in [6.45, 7) is 0.603. The van der Waals surface area contributed by atoms with E-state index < -0.39 is 24.0 Å². The van der Waals surface area contributed by atoms with Gasteiger partial charge in [-0.15, -0.1) is 0 Å². The monoisotopic (exact) mass is 321 g/mol. The summed E-state index contributed by atoms with van der Waals surface area (Å²) in [5.74, 6) is -2.18. The first kappa shape index (κ1) is 15.2. The Balaban J connectivity index is 1.83. The van der Waals surface area contributed by atoms with Gasteiger partial charge in [0.1, 0.15) is 12.4 Å². The van der Waals surface area contributed by atoms with Crippen molar-refractivity contribution in [1.29, 1.82) is 0 Å². The van der Waals surface area contributed by atoms with E-state index in [1.807, 2.05) is 4.90 Å². The SMILES string of the molecule is CNC(=O)CN1NC2N(CCN2c2ccc(F)cc2)C(=O)C1=O. The van der Waals surface area contributed by atoms with Crippen LogP contribution in [-0.4, -0.2) is 60.6 Å². The third kappa shape index (κ3) is 2.70. The lowest BCUT2D eigenvalue weighted by Gasteiger charge is -2.40. The molecule has 1 aromatic rings. The van der Waals surface area contributed by atoms with E-state index in [0.29, 0.717) is 18.8 Å². The number of carbonyl (C=O) groups is 3. The van der Waals surface area contributed by atoms with Crippen molar-refractivity contribution in [2.45, 2.75) is 6.29 Å². The number of hydrogen-bond donors (Lipinski definition) is 2. The molecule has 122 valence electrons. The number of benzene rings is 1. The molecule has 3 rings (SSSR count). The van der Waals surface area contributed by atoms with Crippen LogP contribution in [0.25, 0.3) is 0 Å². The van der Waals surface area contributed by atoms with Crippen molar-refractivity contribution in [3.8, 4) is 0 Å². The number of halogens is 1. The van der Waals surface area contributed by atoms with Crippen molar-refractivity contribution >= 4 is 23.4 Å². The van der Waals surface area contributed by atoms with Crippen molar-refractivity contribution in [3.63, 3.8) is 0 Å². The molecule has 0 saturated carbocycles. The van der Waals surface area contributed by atoms with Gasteiger partial charge in [0.2, 0.25) is 5.91 Å². The van der Waals surface area contributed by atoms with Crippen LogP contribution in [-0.2, 0) is 14.4 Å². The molecule has 1 aromatic carbocycles. The van der Waals surface area contributed by atoms with Crippen molar-refractivity contribution in [2.24, 2.45) is 0 Å². The molecule has 0 bridgehead atoms. The summed E-state index contributed by atoms with van der Waals surface area (Å²) in [6.07, 6.45) is -0.588. The molecule has 3 amide bonds. The van der Waals surface area contributed by atoms with Gasteiger partial charge >= 0.3 is 11.8 Å². The number of amides is 3. The predicted octanol–water partition coefficient (Wildman–Crippen LogP) is -1.15. The molecular formula is C14H16FN5O3. The molecule has 23 heavy (non-hydrogen) atoms. The summed E-state index contributed by atoms with van der Waals surface area (Å²) < 4.78 is 13.1. The Morgan fingerprint density at radius 1 is 1.22 bits per heavy atom. The van der Waals surface area contributed by atoms with Crippen LogP contribution in [0.15, 0.2) is 24.3 Å². The molecule has 2 fully saturated rings. The highest BCUT2D eigenvalue weighted by molar-refractivity contribution is 6.35. The van der Waals surface area contributed by atoms with Crippen LogP contribution >= 0.6 is 0 Å². The minimum Gasteiger partial charge on any atom is -0.358 e. The largest absolute Gasteiger partial charge is 0.358 e. The Morgan fingerprint density at radius 3 is 2.52 bits per heavy atom. The number of anilines is 1. The van der Waals surface area contributed by atoms with E-state index in [1.165, 1.54) is 24.1 Å². The van der Waals surface area contributed by atoms with Gasteiger partial charge in [0.05, 0.1) is 0 Å². The zero-order valence-corrected chi connectivity index (χ0v) is 12.5. The average Bonchev–Trinajstić information content (AvgIpc) is 2.96. The van der Waals surface area contributed by atoms with Gasteiger partial charge in [-0.1, -0.05) is 0 Å². The lowest BCUT2D eigenvalue weighted by atomic mass is 10.3. The second kappa shape index (κ2) is 5.84. The average molecular weight is 321 g/mol. The first-order valence-electron chi connectivity index (χ1n) is 7.12. The van der Waals surface area contributed by atoms with Crippen molar-refractivity contribution in [2.75, 3.05) is 31.6 Å². The number of carbonyl (C=O) groups excluding carboxylic acids is 3. The van der Waals surface area contributed by atoms with Crippen molar-refractivity contribution in [1.82, 2.24) is 20.7 Å². The lowest BCUT2D eigenvalue weighted by molar-refractivity contribution is -0.163. The van der Waals surface area contributed by atoms with Crippen molar-refractivity contribution < 1.29 is 18.8 Å². The molecule has 8 nitrogen and oxygen atoms in total. The second-order valence-corrected chi connectivity index (χ2v) is 5.24. The van der Waals surface area contributed by atoms with Gasteiger partial charge in [-0.25, -0.2) is 4.39 Å². The highest BCUT2D eigenvalue weighted by Crippen LogP contribution is 2.25. The molecule has 2 saturated heterocycles. The first-order valence-corrected chi connectivity index (χ1v) is 7.12. The highest BCUT2D eigenvalue weighted by atomic mass is 19.1. The molecule has 2 heterocycles. The topological polar surface area (TPSA) is 85.0 Å². The molecule has 1 atom stereocenters. The first-order chi connectivity index (χ1) is 11.0. The van der Waals surface area contributed by atoms with E-state index in [9.17, 15) is 18.8 Å². The molecular weight excluding hydrogens is 305 g/mol. The molecule has 2 aliphatic rings. The van der Waals surface area contributed by atoms with Gasteiger partial charge < -0.3 is 10.2 Å². The van der Waals surface area contributed by atoms with Gasteiger partial charge in [-0.2, -0.15) is 5.43 Å².